The van der Waals surface area contributed by atoms with Crippen LogP contribution in [0.5, 0.6) is 0 Å². The molecule has 0 spiro atoms. The lowest BCUT2D eigenvalue weighted by Gasteiger charge is -2.18. The zero-order chi connectivity index (χ0) is 56.4. The second-order valence-electron chi connectivity index (χ2n) is 23.8. The molecule has 0 aliphatic heterocycles. The molecule has 0 aromatic carbocycles. The van der Waals surface area contributed by atoms with Crippen molar-refractivity contribution in [1.29, 1.82) is 0 Å². The van der Waals surface area contributed by atoms with Gasteiger partial charge in [-0.1, -0.05) is 346 Å². The van der Waals surface area contributed by atoms with E-state index in [1.54, 1.807) is 0 Å². The number of hydrogen-bond acceptors (Lipinski definition) is 6. The predicted molar refractivity (Wildman–Crippen MR) is 339 cm³/mol. The van der Waals surface area contributed by atoms with Gasteiger partial charge in [0.05, 0.1) is 0 Å². The molecule has 0 aliphatic carbocycles. The van der Waals surface area contributed by atoms with Crippen LogP contribution in [0.1, 0.15) is 387 Å². The monoisotopic (exact) mass is 1100 g/mol. The number of unbranched alkanes of at least 4 members (excludes halogenated alkanes) is 48. The van der Waals surface area contributed by atoms with Crippen molar-refractivity contribution in [2.45, 2.75) is 393 Å². The third kappa shape index (κ3) is 64.5. The van der Waals surface area contributed by atoms with Crippen molar-refractivity contribution in [2.75, 3.05) is 13.2 Å². The summed E-state index contributed by atoms with van der Waals surface area (Å²) in [4.78, 5) is 38.3. The first-order valence-corrected chi connectivity index (χ1v) is 35.0. The SMILES string of the molecule is CCCCCCC/C=C\C/C=C\C/C=C\CCCCCCCCCCCCCCCCCCC(=O)OCC(COC(=O)CCCCCCCCCCCCCCC)OC(=O)CCCCCCCCCCCCCCCCCC. The van der Waals surface area contributed by atoms with Gasteiger partial charge in [-0.05, 0) is 57.8 Å². The summed E-state index contributed by atoms with van der Waals surface area (Å²) < 4.78 is 17.0. The van der Waals surface area contributed by atoms with Gasteiger partial charge < -0.3 is 14.2 Å². The van der Waals surface area contributed by atoms with Crippen LogP contribution in [0.15, 0.2) is 36.5 Å². The minimum Gasteiger partial charge on any atom is -0.462 e. The second-order valence-corrected chi connectivity index (χ2v) is 23.8. The molecule has 0 rings (SSSR count). The Hall–Kier alpha value is -2.37. The van der Waals surface area contributed by atoms with Crippen molar-refractivity contribution >= 4 is 17.9 Å². The molecule has 6 nitrogen and oxygen atoms in total. The molecule has 0 aromatic rings. The summed E-state index contributed by atoms with van der Waals surface area (Å²) in [7, 11) is 0. The molecule has 0 aromatic heterocycles. The van der Waals surface area contributed by atoms with Crippen molar-refractivity contribution in [3.05, 3.63) is 36.5 Å². The number of hydrogen-bond donors (Lipinski definition) is 0. The fourth-order valence-electron chi connectivity index (χ4n) is 10.6. The molecule has 0 heterocycles. The number of esters is 3. The number of carbonyl (C=O) groups excluding carboxylic acids is 3. The lowest BCUT2D eigenvalue weighted by Crippen LogP contribution is -2.30. The summed E-state index contributed by atoms with van der Waals surface area (Å²) in [6, 6.07) is 0. The Morgan fingerprint density at radius 2 is 0.462 bits per heavy atom. The van der Waals surface area contributed by atoms with E-state index in [2.05, 4.69) is 57.2 Å². The minimum absolute atomic E-state index is 0.0647. The van der Waals surface area contributed by atoms with E-state index in [9.17, 15) is 14.4 Å². The molecule has 458 valence electrons. The molecule has 0 fully saturated rings. The maximum atomic E-state index is 12.9. The van der Waals surface area contributed by atoms with E-state index in [1.165, 1.54) is 276 Å². The fraction of sp³-hybridized carbons (Fsp3) is 0.875. The molecule has 0 bridgehead atoms. The molecular formula is C72H134O6. The molecule has 0 amide bonds. The third-order valence-corrected chi connectivity index (χ3v) is 15.9. The second kappa shape index (κ2) is 67.1. The molecule has 1 unspecified atom stereocenters. The Kier molecular flexibility index (Phi) is 65.1. The molecule has 0 saturated heterocycles. The summed E-state index contributed by atoms with van der Waals surface area (Å²) >= 11 is 0. The van der Waals surface area contributed by atoms with E-state index in [0.717, 1.165) is 70.6 Å². The molecule has 0 N–H and O–H groups in total. The minimum atomic E-state index is -0.767. The highest BCUT2D eigenvalue weighted by Gasteiger charge is 2.19. The number of ether oxygens (including phenoxy) is 3. The van der Waals surface area contributed by atoms with Crippen molar-refractivity contribution in [1.82, 2.24) is 0 Å². The highest BCUT2D eigenvalue weighted by atomic mass is 16.6. The van der Waals surface area contributed by atoms with Gasteiger partial charge in [-0.25, -0.2) is 0 Å². The Labute approximate surface area is 486 Å². The standard InChI is InChI=1S/C72H134O6/c1-4-7-10-13-16-19-22-25-27-29-30-31-32-33-34-35-36-37-38-39-40-41-42-43-45-47-50-53-56-59-62-65-71(74)77-68-69(67-76-70(73)64-61-58-55-52-49-46-24-21-18-15-12-9-6-3)78-72(75)66-63-60-57-54-51-48-44-28-26-23-20-17-14-11-8-5-2/h22,25,29-30,32-33,69H,4-21,23-24,26-28,31,34-68H2,1-3H3/b25-22-,30-29-,33-32-. The Morgan fingerprint density at radius 1 is 0.256 bits per heavy atom. The van der Waals surface area contributed by atoms with Gasteiger partial charge in [0.25, 0.3) is 0 Å². The zero-order valence-corrected chi connectivity index (χ0v) is 52.7. The first-order chi connectivity index (χ1) is 38.5. The molecule has 0 radical (unpaired) electrons. The Balaban J connectivity index is 4.14. The van der Waals surface area contributed by atoms with Crippen LogP contribution in [0.2, 0.25) is 0 Å². The van der Waals surface area contributed by atoms with Crippen molar-refractivity contribution in [3.63, 3.8) is 0 Å². The first-order valence-electron chi connectivity index (χ1n) is 35.0. The zero-order valence-electron chi connectivity index (χ0n) is 52.7. The maximum absolute atomic E-state index is 12.9. The van der Waals surface area contributed by atoms with Crippen LogP contribution in [-0.2, 0) is 28.6 Å². The highest BCUT2D eigenvalue weighted by Crippen LogP contribution is 2.18. The van der Waals surface area contributed by atoms with Gasteiger partial charge in [0.1, 0.15) is 13.2 Å². The summed E-state index contributed by atoms with van der Waals surface area (Å²) in [5.41, 5.74) is 0. The third-order valence-electron chi connectivity index (χ3n) is 15.9. The van der Waals surface area contributed by atoms with E-state index in [1.807, 2.05) is 0 Å². The van der Waals surface area contributed by atoms with E-state index in [0.29, 0.717) is 19.3 Å². The van der Waals surface area contributed by atoms with Crippen LogP contribution < -0.4 is 0 Å². The Bertz CT molecular complexity index is 1300. The number of rotatable bonds is 65. The molecule has 0 aliphatic rings. The quantitative estimate of drug-likeness (QED) is 0.0261. The average molecular weight is 1100 g/mol. The highest BCUT2D eigenvalue weighted by molar-refractivity contribution is 5.71. The molecular weight excluding hydrogens is 961 g/mol. The van der Waals surface area contributed by atoms with Crippen LogP contribution in [0, 0.1) is 0 Å². The van der Waals surface area contributed by atoms with Crippen LogP contribution in [0.25, 0.3) is 0 Å². The van der Waals surface area contributed by atoms with Crippen molar-refractivity contribution < 1.29 is 28.6 Å². The number of allylic oxidation sites excluding steroid dienone is 6. The summed E-state index contributed by atoms with van der Waals surface area (Å²) in [6.07, 6.45) is 83.2. The lowest BCUT2D eigenvalue weighted by atomic mass is 10.0. The van der Waals surface area contributed by atoms with Crippen LogP contribution in [-0.4, -0.2) is 37.2 Å². The van der Waals surface area contributed by atoms with Crippen LogP contribution >= 0.6 is 0 Å². The van der Waals surface area contributed by atoms with E-state index in [4.69, 9.17) is 14.2 Å². The summed E-state index contributed by atoms with van der Waals surface area (Å²) in [6.45, 7) is 6.70. The van der Waals surface area contributed by atoms with Gasteiger partial charge in [-0.3, -0.25) is 14.4 Å². The van der Waals surface area contributed by atoms with Gasteiger partial charge in [0.15, 0.2) is 6.10 Å². The van der Waals surface area contributed by atoms with Crippen molar-refractivity contribution in [3.8, 4) is 0 Å². The lowest BCUT2D eigenvalue weighted by molar-refractivity contribution is -0.167. The fourth-order valence-corrected chi connectivity index (χ4v) is 10.6. The van der Waals surface area contributed by atoms with Gasteiger partial charge in [0.2, 0.25) is 0 Å². The molecule has 78 heavy (non-hydrogen) atoms. The molecule has 0 saturated carbocycles. The van der Waals surface area contributed by atoms with Gasteiger partial charge >= 0.3 is 17.9 Å². The first kappa shape index (κ1) is 75.6. The molecule has 1 atom stereocenters. The van der Waals surface area contributed by atoms with Crippen LogP contribution in [0.3, 0.4) is 0 Å². The Morgan fingerprint density at radius 3 is 0.718 bits per heavy atom. The van der Waals surface area contributed by atoms with E-state index >= 15 is 0 Å². The topological polar surface area (TPSA) is 78.9 Å². The van der Waals surface area contributed by atoms with E-state index < -0.39 is 6.10 Å². The predicted octanol–water partition coefficient (Wildman–Crippen LogP) is 23.9. The summed E-state index contributed by atoms with van der Waals surface area (Å²) in [5, 5.41) is 0. The normalized spacial score (nSPS) is 12.2. The largest absolute Gasteiger partial charge is 0.462 e. The van der Waals surface area contributed by atoms with Gasteiger partial charge in [-0.15, -0.1) is 0 Å². The van der Waals surface area contributed by atoms with Crippen LogP contribution in [0.4, 0.5) is 0 Å². The van der Waals surface area contributed by atoms with Crippen molar-refractivity contribution in [2.24, 2.45) is 0 Å². The van der Waals surface area contributed by atoms with Gasteiger partial charge in [-0.2, -0.15) is 0 Å². The summed E-state index contributed by atoms with van der Waals surface area (Å²) in [5.74, 6) is -0.835. The smallest absolute Gasteiger partial charge is 0.306 e. The molecule has 6 heteroatoms. The van der Waals surface area contributed by atoms with Gasteiger partial charge in [0, 0.05) is 19.3 Å². The van der Waals surface area contributed by atoms with E-state index in [-0.39, 0.29) is 31.1 Å². The number of carbonyl (C=O) groups is 3. The average Bonchev–Trinajstić information content (AvgIpc) is 3.44. The maximum Gasteiger partial charge on any atom is 0.306 e.